The van der Waals surface area contributed by atoms with E-state index in [0.717, 1.165) is 38.2 Å². The molecule has 128 valence electrons. The monoisotopic (exact) mass is 335 g/mol. The molecule has 1 aliphatic heterocycles. The molecule has 0 unspecified atom stereocenters. The fourth-order valence-corrected chi connectivity index (χ4v) is 3.35. The van der Waals surface area contributed by atoms with Gasteiger partial charge in [0.25, 0.3) is 5.91 Å². The second-order valence-electron chi connectivity index (χ2n) is 6.50. The number of aromatic nitrogens is 4. The summed E-state index contributed by atoms with van der Waals surface area (Å²) in [5.41, 5.74) is 1.52. The van der Waals surface area contributed by atoms with Crippen LogP contribution in [-0.4, -0.2) is 43.0 Å². The van der Waals surface area contributed by atoms with Crippen LogP contribution in [0.3, 0.4) is 0 Å². The van der Waals surface area contributed by atoms with Crippen molar-refractivity contribution in [3.05, 3.63) is 67.3 Å². The fourth-order valence-electron chi connectivity index (χ4n) is 3.35. The molecule has 2 aromatic heterocycles. The zero-order chi connectivity index (χ0) is 17.1. The van der Waals surface area contributed by atoms with E-state index in [1.54, 1.807) is 6.33 Å². The average molecular weight is 335 g/mol. The summed E-state index contributed by atoms with van der Waals surface area (Å²) < 4.78 is 4.00. The van der Waals surface area contributed by atoms with Crippen molar-refractivity contribution >= 4 is 5.91 Å². The van der Waals surface area contributed by atoms with Gasteiger partial charge >= 0.3 is 0 Å². The van der Waals surface area contributed by atoms with Crippen LogP contribution in [0.2, 0.25) is 0 Å². The highest BCUT2D eigenvalue weighted by atomic mass is 16.2. The minimum atomic E-state index is 0.0239. The summed E-state index contributed by atoms with van der Waals surface area (Å²) in [6.07, 6.45) is 11.2. The number of para-hydroxylation sites is 1. The summed E-state index contributed by atoms with van der Waals surface area (Å²) in [6.45, 7) is 2.55. The molecular weight excluding hydrogens is 314 g/mol. The van der Waals surface area contributed by atoms with E-state index < -0.39 is 0 Å². The number of hydrogen-bond donors (Lipinski definition) is 0. The SMILES string of the molecule is O=C(c1cn(-c2ccccc2)cn1)N1CCC(Cn2ccnc2)CC1. The molecule has 1 aromatic carbocycles. The molecule has 0 saturated carbocycles. The lowest BCUT2D eigenvalue weighted by Crippen LogP contribution is -2.39. The van der Waals surface area contributed by atoms with Crippen molar-refractivity contribution in [2.75, 3.05) is 13.1 Å². The van der Waals surface area contributed by atoms with E-state index in [1.807, 2.05) is 64.7 Å². The summed E-state index contributed by atoms with van der Waals surface area (Å²) in [4.78, 5) is 23.0. The first-order valence-electron chi connectivity index (χ1n) is 8.64. The molecule has 0 bridgehead atoms. The lowest BCUT2D eigenvalue weighted by Gasteiger charge is -2.31. The van der Waals surface area contributed by atoms with Crippen molar-refractivity contribution in [1.29, 1.82) is 0 Å². The van der Waals surface area contributed by atoms with Gasteiger partial charge in [0.05, 0.1) is 6.33 Å². The normalized spacial score (nSPS) is 15.4. The topological polar surface area (TPSA) is 56.0 Å². The first-order chi connectivity index (χ1) is 12.3. The molecule has 1 amide bonds. The Morgan fingerprint density at radius 1 is 1.12 bits per heavy atom. The van der Waals surface area contributed by atoms with Crippen LogP contribution in [0.25, 0.3) is 5.69 Å². The maximum atomic E-state index is 12.7. The van der Waals surface area contributed by atoms with E-state index in [9.17, 15) is 4.79 Å². The number of piperidine rings is 1. The first kappa shape index (κ1) is 15.6. The molecular formula is C19H21N5O. The van der Waals surface area contributed by atoms with E-state index in [2.05, 4.69) is 14.5 Å². The third kappa shape index (κ3) is 3.47. The smallest absolute Gasteiger partial charge is 0.274 e. The molecule has 0 radical (unpaired) electrons. The predicted molar refractivity (Wildman–Crippen MR) is 94.4 cm³/mol. The zero-order valence-electron chi connectivity index (χ0n) is 14.0. The standard InChI is InChI=1S/C19H21N5O/c25-19(18-13-24(15-21-18)17-4-2-1-3-5-17)23-9-6-16(7-10-23)12-22-11-8-20-14-22/h1-5,8,11,13-16H,6-7,9-10,12H2. The van der Waals surface area contributed by atoms with Gasteiger partial charge < -0.3 is 14.0 Å². The second kappa shape index (κ2) is 6.93. The molecule has 1 fully saturated rings. The summed E-state index contributed by atoms with van der Waals surface area (Å²) in [5.74, 6) is 0.621. The number of hydrogen-bond acceptors (Lipinski definition) is 3. The van der Waals surface area contributed by atoms with Gasteiger partial charge in [0.1, 0.15) is 12.0 Å². The van der Waals surface area contributed by atoms with Crippen molar-refractivity contribution in [2.24, 2.45) is 5.92 Å². The number of carbonyl (C=O) groups is 1. The van der Waals surface area contributed by atoms with E-state index in [4.69, 9.17) is 0 Å². The molecule has 0 atom stereocenters. The first-order valence-corrected chi connectivity index (χ1v) is 8.64. The van der Waals surface area contributed by atoms with Crippen molar-refractivity contribution < 1.29 is 4.79 Å². The third-order valence-electron chi connectivity index (χ3n) is 4.79. The molecule has 1 aliphatic rings. The zero-order valence-corrected chi connectivity index (χ0v) is 14.0. The highest BCUT2D eigenvalue weighted by Gasteiger charge is 2.25. The van der Waals surface area contributed by atoms with E-state index >= 15 is 0 Å². The predicted octanol–water partition coefficient (Wildman–Crippen LogP) is 2.62. The Kier molecular flexibility index (Phi) is 4.33. The van der Waals surface area contributed by atoms with Crippen molar-refractivity contribution in [2.45, 2.75) is 19.4 Å². The second-order valence-corrected chi connectivity index (χ2v) is 6.50. The number of imidazole rings is 2. The Balaban J connectivity index is 1.37. The van der Waals surface area contributed by atoms with Crippen LogP contribution >= 0.6 is 0 Å². The number of amides is 1. The van der Waals surface area contributed by atoms with Crippen LogP contribution in [0.4, 0.5) is 0 Å². The molecule has 6 nitrogen and oxygen atoms in total. The summed E-state index contributed by atoms with van der Waals surface area (Å²) in [6, 6.07) is 9.92. The molecule has 0 spiro atoms. The largest absolute Gasteiger partial charge is 0.337 e. The highest BCUT2D eigenvalue weighted by Crippen LogP contribution is 2.20. The lowest BCUT2D eigenvalue weighted by molar-refractivity contribution is 0.0677. The maximum absolute atomic E-state index is 12.7. The Morgan fingerprint density at radius 2 is 1.92 bits per heavy atom. The van der Waals surface area contributed by atoms with Gasteiger partial charge in [-0.1, -0.05) is 18.2 Å². The maximum Gasteiger partial charge on any atom is 0.274 e. The molecule has 0 N–H and O–H groups in total. The molecule has 6 heteroatoms. The van der Waals surface area contributed by atoms with Gasteiger partial charge in [-0.25, -0.2) is 9.97 Å². The minimum Gasteiger partial charge on any atom is -0.337 e. The van der Waals surface area contributed by atoms with Crippen LogP contribution < -0.4 is 0 Å². The summed E-state index contributed by atoms with van der Waals surface area (Å²) >= 11 is 0. The van der Waals surface area contributed by atoms with Crippen LogP contribution in [0, 0.1) is 5.92 Å². The van der Waals surface area contributed by atoms with Gasteiger partial charge in [0.15, 0.2) is 0 Å². The van der Waals surface area contributed by atoms with Crippen LogP contribution in [0.5, 0.6) is 0 Å². The Labute approximate surface area is 146 Å². The van der Waals surface area contributed by atoms with Crippen molar-refractivity contribution in [3.8, 4) is 5.69 Å². The average Bonchev–Trinajstić information content (AvgIpc) is 3.34. The van der Waals surface area contributed by atoms with Crippen LogP contribution in [0.15, 0.2) is 61.6 Å². The molecule has 3 aromatic rings. The number of nitrogens with zero attached hydrogens (tertiary/aromatic N) is 5. The van der Waals surface area contributed by atoms with Crippen LogP contribution in [-0.2, 0) is 6.54 Å². The third-order valence-corrected chi connectivity index (χ3v) is 4.79. The van der Waals surface area contributed by atoms with Gasteiger partial charge in [-0.05, 0) is 30.9 Å². The summed E-state index contributed by atoms with van der Waals surface area (Å²) in [7, 11) is 0. The van der Waals surface area contributed by atoms with Crippen molar-refractivity contribution in [1.82, 2.24) is 24.0 Å². The molecule has 3 heterocycles. The van der Waals surface area contributed by atoms with Gasteiger partial charge in [0.2, 0.25) is 0 Å². The molecule has 4 rings (SSSR count). The fraction of sp³-hybridized carbons (Fsp3) is 0.316. The Morgan fingerprint density at radius 3 is 2.64 bits per heavy atom. The van der Waals surface area contributed by atoms with Gasteiger partial charge in [-0.3, -0.25) is 4.79 Å². The van der Waals surface area contributed by atoms with E-state index in [0.29, 0.717) is 11.6 Å². The van der Waals surface area contributed by atoms with Crippen molar-refractivity contribution in [3.63, 3.8) is 0 Å². The molecule has 0 aliphatic carbocycles. The Bertz CT molecular complexity index is 817. The molecule has 1 saturated heterocycles. The van der Waals surface area contributed by atoms with E-state index in [-0.39, 0.29) is 5.91 Å². The number of benzene rings is 1. The number of carbonyl (C=O) groups excluding carboxylic acids is 1. The van der Waals surface area contributed by atoms with Gasteiger partial charge in [0, 0.05) is 43.9 Å². The lowest BCUT2D eigenvalue weighted by atomic mass is 9.96. The highest BCUT2D eigenvalue weighted by molar-refractivity contribution is 5.92. The molecule has 25 heavy (non-hydrogen) atoms. The number of rotatable bonds is 4. The van der Waals surface area contributed by atoms with Gasteiger partial charge in [-0.2, -0.15) is 0 Å². The van der Waals surface area contributed by atoms with Gasteiger partial charge in [-0.15, -0.1) is 0 Å². The minimum absolute atomic E-state index is 0.0239. The quantitative estimate of drug-likeness (QED) is 0.736. The Hall–Kier alpha value is -2.89. The summed E-state index contributed by atoms with van der Waals surface area (Å²) in [5, 5.41) is 0. The van der Waals surface area contributed by atoms with E-state index in [1.165, 1.54) is 0 Å². The number of likely N-dealkylation sites (tertiary alicyclic amines) is 1. The van der Waals surface area contributed by atoms with Crippen LogP contribution in [0.1, 0.15) is 23.3 Å².